The molecule has 2 aromatic heterocycles. The number of nitrogens with one attached hydrogen (secondary N) is 1. The number of nitrogens with zero attached hydrogens (tertiary/aromatic N) is 4. The van der Waals surface area contributed by atoms with E-state index in [4.69, 9.17) is 16.3 Å². The Bertz CT molecular complexity index is 1110. The first kappa shape index (κ1) is 23.2. The molecule has 2 fully saturated rings. The number of hydrogen-bond donors (Lipinski definition) is 1. The molecular weight excluding hydrogens is 454 g/mol. The van der Waals surface area contributed by atoms with E-state index >= 15 is 0 Å². The standard InChI is InChI=1S/C21H28ClN5O4S/c1-15-4-7-23-19(11-15)32(29,30)26-8-5-17(6-9-26)27-21(28)20(22)18(13-25-27)24-12-16-3-2-10-31-14-16/h4,7,11,13,16-17,24H,2-3,5-6,8-10,12,14H2,1H3/t16-/m1/s1. The Morgan fingerprint density at radius 1 is 1.28 bits per heavy atom. The lowest BCUT2D eigenvalue weighted by atomic mass is 10.0. The van der Waals surface area contributed by atoms with E-state index in [1.807, 2.05) is 6.92 Å². The third-order valence-corrected chi connectivity index (χ3v) is 8.21. The van der Waals surface area contributed by atoms with Crippen molar-refractivity contribution in [2.75, 3.05) is 38.2 Å². The number of sulfonamides is 1. The molecule has 2 aliphatic rings. The smallest absolute Gasteiger partial charge is 0.287 e. The van der Waals surface area contributed by atoms with E-state index in [0.29, 0.717) is 37.6 Å². The second-order valence-corrected chi connectivity index (χ2v) is 10.7. The van der Waals surface area contributed by atoms with Gasteiger partial charge in [0.25, 0.3) is 15.6 Å². The maximum Gasteiger partial charge on any atom is 0.287 e. The van der Waals surface area contributed by atoms with Crippen molar-refractivity contribution < 1.29 is 13.2 Å². The van der Waals surface area contributed by atoms with Gasteiger partial charge < -0.3 is 10.1 Å². The summed E-state index contributed by atoms with van der Waals surface area (Å²) in [6.45, 7) is 4.58. The lowest BCUT2D eigenvalue weighted by Gasteiger charge is -2.31. The van der Waals surface area contributed by atoms with E-state index < -0.39 is 10.0 Å². The van der Waals surface area contributed by atoms with Crippen LogP contribution in [0.4, 0.5) is 5.69 Å². The van der Waals surface area contributed by atoms with Gasteiger partial charge in [-0.3, -0.25) is 4.79 Å². The first-order valence-electron chi connectivity index (χ1n) is 10.9. The van der Waals surface area contributed by atoms with Crippen molar-refractivity contribution >= 4 is 27.3 Å². The van der Waals surface area contributed by atoms with Gasteiger partial charge in [0, 0.05) is 32.4 Å². The molecule has 174 valence electrons. The predicted molar refractivity (Wildman–Crippen MR) is 122 cm³/mol. The van der Waals surface area contributed by atoms with Crippen LogP contribution in [0, 0.1) is 12.8 Å². The highest BCUT2D eigenvalue weighted by Crippen LogP contribution is 2.26. The van der Waals surface area contributed by atoms with Crippen LogP contribution < -0.4 is 10.9 Å². The highest BCUT2D eigenvalue weighted by atomic mass is 35.5. The average Bonchev–Trinajstić information content (AvgIpc) is 2.81. The van der Waals surface area contributed by atoms with E-state index in [0.717, 1.165) is 25.0 Å². The zero-order valence-electron chi connectivity index (χ0n) is 18.0. The molecule has 0 radical (unpaired) electrons. The van der Waals surface area contributed by atoms with Crippen molar-refractivity contribution in [1.82, 2.24) is 19.1 Å². The van der Waals surface area contributed by atoms with Gasteiger partial charge in [0.1, 0.15) is 5.02 Å². The highest BCUT2D eigenvalue weighted by molar-refractivity contribution is 7.89. The fraction of sp³-hybridized carbons (Fsp3) is 0.571. The Labute approximate surface area is 192 Å². The van der Waals surface area contributed by atoms with Crippen molar-refractivity contribution in [2.24, 2.45) is 5.92 Å². The molecule has 0 aromatic carbocycles. The first-order valence-corrected chi connectivity index (χ1v) is 12.7. The van der Waals surface area contributed by atoms with E-state index in [2.05, 4.69) is 15.4 Å². The van der Waals surface area contributed by atoms with Gasteiger partial charge in [-0.15, -0.1) is 0 Å². The van der Waals surface area contributed by atoms with Crippen LogP contribution in [0.2, 0.25) is 5.02 Å². The molecule has 0 unspecified atom stereocenters. The van der Waals surface area contributed by atoms with Gasteiger partial charge in [0.15, 0.2) is 5.03 Å². The summed E-state index contributed by atoms with van der Waals surface area (Å²) >= 11 is 6.35. The summed E-state index contributed by atoms with van der Waals surface area (Å²) < 4.78 is 34.1. The second kappa shape index (κ2) is 9.86. The summed E-state index contributed by atoms with van der Waals surface area (Å²) in [5.41, 5.74) is 0.991. The summed E-state index contributed by atoms with van der Waals surface area (Å²) in [5.74, 6) is 0.386. The summed E-state index contributed by atoms with van der Waals surface area (Å²) in [6.07, 6.45) is 6.13. The minimum atomic E-state index is -3.67. The average molecular weight is 482 g/mol. The molecule has 0 saturated carbocycles. The van der Waals surface area contributed by atoms with Crippen LogP contribution in [-0.4, -0.2) is 60.3 Å². The molecule has 0 bridgehead atoms. The maximum absolute atomic E-state index is 12.9. The fourth-order valence-electron chi connectivity index (χ4n) is 4.16. The number of pyridine rings is 1. The Morgan fingerprint density at radius 2 is 2.06 bits per heavy atom. The molecule has 4 heterocycles. The van der Waals surface area contributed by atoms with E-state index in [-0.39, 0.29) is 34.7 Å². The summed E-state index contributed by atoms with van der Waals surface area (Å²) in [4.78, 5) is 16.9. The zero-order valence-corrected chi connectivity index (χ0v) is 19.6. The Balaban J connectivity index is 1.41. The van der Waals surface area contributed by atoms with Crippen LogP contribution in [0.1, 0.15) is 37.3 Å². The number of hydrogen-bond acceptors (Lipinski definition) is 7. The summed E-state index contributed by atoms with van der Waals surface area (Å²) in [7, 11) is -3.67. The molecule has 0 amide bonds. The van der Waals surface area contributed by atoms with Crippen molar-refractivity contribution in [3.63, 3.8) is 0 Å². The molecule has 1 atom stereocenters. The predicted octanol–water partition coefficient (Wildman–Crippen LogP) is 2.46. The van der Waals surface area contributed by atoms with Crippen molar-refractivity contribution in [3.05, 3.63) is 45.5 Å². The number of halogens is 1. The molecule has 2 aliphatic heterocycles. The summed E-state index contributed by atoms with van der Waals surface area (Å²) in [5, 5.41) is 7.71. The topological polar surface area (TPSA) is 106 Å². The molecule has 11 heteroatoms. The molecule has 0 spiro atoms. The van der Waals surface area contributed by atoms with Crippen LogP contribution in [0.3, 0.4) is 0 Å². The van der Waals surface area contributed by atoms with Gasteiger partial charge in [-0.25, -0.2) is 18.1 Å². The molecule has 1 N–H and O–H groups in total. The molecule has 4 rings (SSSR count). The lowest BCUT2D eigenvalue weighted by Crippen LogP contribution is -2.41. The van der Waals surface area contributed by atoms with Gasteiger partial charge in [0.05, 0.1) is 24.5 Å². The SMILES string of the molecule is Cc1ccnc(S(=O)(=O)N2CCC(n3ncc(NC[C@H]4CCCOC4)c(Cl)c3=O)CC2)c1. The van der Waals surface area contributed by atoms with Gasteiger partial charge >= 0.3 is 0 Å². The van der Waals surface area contributed by atoms with E-state index in [1.54, 1.807) is 18.3 Å². The monoisotopic (exact) mass is 481 g/mol. The molecule has 32 heavy (non-hydrogen) atoms. The normalized spacial score (nSPS) is 20.9. The van der Waals surface area contributed by atoms with E-state index in [1.165, 1.54) is 15.2 Å². The molecule has 0 aliphatic carbocycles. The zero-order chi connectivity index (χ0) is 22.7. The molecule has 2 saturated heterocycles. The maximum atomic E-state index is 12.9. The fourth-order valence-corrected chi connectivity index (χ4v) is 5.85. The largest absolute Gasteiger partial charge is 0.382 e. The number of aromatic nitrogens is 3. The van der Waals surface area contributed by atoms with Crippen molar-refractivity contribution in [3.8, 4) is 0 Å². The second-order valence-electron chi connectivity index (χ2n) is 8.39. The first-order chi connectivity index (χ1) is 15.4. The van der Waals surface area contributed by atoms with Crippen molar-refractivity contribution in [2.45, 2.75) is 43.7 Å². The van der Waals surface area contributed by atoms with Gasteiger partial charge in [-0.2, -0.15) is 9.40 Å². The van der Waals surface area contributed by atoms with Gasteiger partial charge in [0.2, 0.25) is 0 Å². The minimum absolute atomic E-state index is 0.0491. The summed E-state index contributed by atoms with van der Waals surface area (Å²) in [6, 6.07) is 3.12. The lowest BCUT2D eigenvalue weighted by molar-refractivity contribution is 0.0595. The van der Waals surface area contributed by atoms with Crippen LogP contribution in [-0.2, 0) is 14.8 Å². The number of ether oxygens (including phenoxy) is 1. The number of anilines is 1. The number of aryl methyl sites for hydroxylation is 1. The Hall–Kier alpha value is -2.01. The third-order valence-electron chi connectivity index (χ3n) is 6.04. The third kappa shape index (κ3) is 4.98. The van der Waals surface area contributed by atoms with Gasteiger partial charge in [-0.1, -0.05) is 11.6 Å². The number of piperidine rings is 1. The highest BCUT2D eigenvalue weighted by Gasteiger charge is 2.32. The van der Waals surface area contributed by atoms with E-state index in [9.17, 15) is 13.2 Å². The van der Waals surface area contributed by atoms with Crippen LogP contribution >= 0.6 is 11.6 Å². The number of rotatable bonds is 6. The molecule has 9 nitrogen and oxygen atoms in total. The Kier molecular flexibility index (Phi) is 7.14. The van der Waals surface area contributed by atoms with Crippen LogP contribution in [0.25, 0.3) is 0 Å². The van der Waals surface area contributed by atoms with Crippen LogP contribution in [0.5, 0.6) is 0 Å². The van der Waals surface area contributed by atoms with Gasteiger partial charge in [-0.05, 0) is 56.2 Å². The molecular formula is C21H28ClN5O4S. The molecule has 2 aromatic rings. The van der Waals surface area contributed by atoms with Crippen molar-refractivity contribution in [1.29, 1.82) is 0 Å². The Morgan fingerprint density at radius 3 is 2.75 bits per heavy atom. The minimum Gasteiger partial charge on any atom is -0.382 e. The van der Waals surface area contributed by atoms with Crippen LogP contribution in [0.15, 0.2) is 34.3 Å². The quantitative estimate of drug-likeness (QED) is 0.675.